The molecular formula is C7H10FN3. The molecule has 1 aromatic heterocycles. The second kappa shape index (κ2) is 3.30. The van der Waals surface area contributed by atoms with E-state index in [2.05, 4.69) is 15.8 Å². The number of hydrazine groups is 1. The molecule has 0 saturated carbocycles. The molecule has 60 valence electrons. The molecule has 0 aliphatic heterocycles. The van der Waals surface area contributed by atoms with Crippen molar-refractivity contribution in [1.29, 1.82) is 0 Å². The summed E-state index contributed by atoms with van der Waals surface area (Å²) < 4.78 is 12.8. The molecule has 0 amide bonds. The van der Waals surface area contributed by atoms with Gasteiger partial charge in [0.1, 0.15) is 5.69 Å². The summed E-state index contributed by atoms with van der Waals surface area (Å²) in [4.78, 5) is 3.62. The minimum atomic E-state index is -0.487. The monoisotopic (exact) mass is 155 g/mol. The Kier molecular flexibility index (Phi) is 2.38. The number of anilines is 1. The maximum atomic E-state index is 12.8. The standard InChI is InChI=1S/C7H10FN3/c1-5-3-4-6(11-9-2)7(8)10-5/h3-4,9,11H,1-2H3. The summed E-state index contributed by atoms with van der Waals surface area (Å²) in [5, 5.41) is 0. The lowest BCUT2D eigenvalue weighted by molar-refractivity contribution is 0.581. The van der Waals surface area contributed by atoms with E-state index in [1.54, 1.807) is 26.1 Å². The van der Waals surface area contributed by atoms with Crippen LogP contribution in [0.2, 0.25) is 0 Å². The van der Waals surface area contributed by atoms with Crippen LogP contribution in [0.3, 0.4) is 0 Å². The molecule has 4 heteroatoms. The van der Waals surface area contributed by atoms with Crippen LogP contribution in [0.15, 0.2) is 12.1 Å². The van der Waals surface area contributed by atoms with Gasteiger partial charge in [0.05, 0.1) is 0 Å². The van der Waals surface area contributed by atoms with Crippen molar-refractivity contribution in [3.63, 3.8) is 0 Å². The highest BCUT2D eigenvalue weighted by atomic mass is 19.1. The van der Waals surface area contributed by atoms with Crippen molar-refractivity contribution in [1.82, 2.24) is 10.4 Å². The van der Waals surface area contributed by atoms with Gasteiger partial charge in [-0.2, -0.15) is 4.39 Å². The highest BCUT2D eigenvalue weighted by molar-refractivity contribution is 5.41. The fourth-order valence-electron chi connectivity index (χ4n) is 0.753. The van der Waals surface area contributed by atoms with E-state index in [-0.39, 0.29) is 0 Å². The highest BCUT2D eigenvalue weighted by Gasteiger charge is 2.00. The van der Waals surface area contributed by atoms with Crippen LogP contribution in [0.1, 0.15) is 5.69 Å². The average Bonchev–Trinajstić information content (AvgIpc) is 1.95. The Morgan fingerprint density at radius 3 is 2.73 bits per heavy atom. The Labute approximate surface area is 64.6 Å². The Morgan fingerprint density at radius 2 is 2.18 bits per heavy atom. The first kappa shape index (κ1) is 7.94. The van der Waals surface area contributed by atoms with Gasteiger partial charge in [0.2, 0.25) is 5.95 Å². The van der Waals surface area contributed by atoms with Gasteiger partial charge >= 0.3 is 0 Å². The molecular weight excluding hydrogens is 145 g/mol. The van der Waals surface area contributed by atoms with Crippen LogP contribution in [0.5, 0.6) is 0 Å². The topological polar surface area (TPSA) is 37.0 Å². The number of rotatable bonds is 2. The lowest BCUT2D eigenvalue weighted by atomic mass is 10.3. The summed E-state index contributed by atoms with van der Waals surface area (Å²) in [6, 6.07) is 3.37. The lowest BCUT2D eigenvalue weighted by Gasteiger charge is -2.04. The smallest absolute Gasteiger partial charge is 0.237 e. The van der Waals surface area contributed by atoms with Crippen molar-refractivity contribution >= 4 is 5.69 Å². The SMILES string of the molecule is CNNc1ccc(C)nc1F. The van der Waals surface area contributed by atoms with Crippen LogP contribution in [-0.4, -0.2) is 12.0 Å². The molecule has 11 heavy (non-hydrogen) atoms. The molecule has 2 N–H and O–H groups in total. The maximum Gasteiger partial charge on any atom is 0.237 e. The first-order valence-corrected chi connectivity index (χ1v) is 3.30. The maximum absolute atomic E-state index is 12.8. The zero-order chi connectivity index (χ0) is 8.27. The van der Waals surface area contributed by atoms with E-state index in [1.165, 1.54) is 0 Å². The van der Waals surface area contributed by atoms with Gasteiger partial charge in [-0.3, -0.25) is 0 Å². The largest absolute Gasteiger partial charge is 0.318 e. The molecule has 1 rings (SSSR count). The van der Waals surface area contributed by atoms with Crippen molar-refractivity contribution in [3.8, 4) is 0 Å². The van der Waals surface area contributed by atoms with Crippen molar-refractivity contribution in [2.24, 2.45) is 0 Å². The van der Waals surface area contributed by atoms with Crippen molar-refractivity contribution in [2.75, 3.05) is 12.5 Å². The van der Waals surface area contributed by atoms with E-state index in [9.17, 15) is 4.39 Å². The number of nitrogens with one attached hydrogen (secondary N) is 2. The van der Waals surface area contributed by atoms with Gasteiger partial charge in [0, 0.05) is 12.7 Å². The molecule has 0 atom stereocenters. The summed E-state index contributed by atoms with van der Waals surface area (Å²) in [5.41, 5.74) is 6.26. The van der Waals surface area contributed by atoms with Crippen molar-refractivity contribution in [2.45, 2.75) is 6.92 Å². The van der Waals surface area contributed by atoms with Gasteiger partial charge < -0.3 is 5.43 Å². The number of hydrogen-bond acceptors (Lipinski definition) is 3. The molecule has 1 aromatic rings. The first-order chi connectivity index (χ1) is 5.24. The minimum absolute atomic E-state index is 0.359. The van der Waals surface area contributed by atoms with Crippen LogP contribution in [0, 0.1) is 12.9 Å². The highest BCUT2D eigenvalue weighted by Crippen LogP contribution is 2.09. The fraction of sp³-hybridized carbons (Fsp3) is 0.286. The number of halogens is 1. The fourth-order valence-corrected chi connectivity index (χ4v) is 0.753. The molecule has 0 aromatic carbocycles. The minimum Gasteiger partial charge on any atom is -0.318 e. The number of aryl methyl sites for hydroxylation is 1. The molecule has 0 aliphatic rings. The zero-order valence-corrected chi connectivity index (χ0v) is 6.48. The van der Waals surface area contributed by atoms with Gasteiger partial charge in [-0.1, -0.05) is 0 Å². The molecule has 1 heterocycles. The van der Waals surface area contributed by atoms with E-state index in [0.717, 1.165) is 0 Å². The summed E-state index contributed by atoms with van der Waals surface area (Å²) >= 11 is 0. The number of pyridine rings is 1. The lowest BCUT2D eigenvalue weighted by Crippen LogP contribution is -2.16. The Hall–Kier alpha value is -1.16. The van der Waals surface area contributed by atoms with Gasteiger partial charge in [-0.25, -0.2) is 10.4 Å². The Morgan fingerprint density at radius 1 is 1.45 bits per heavy atom. The molecule has 0 aliphatic carbocycles. The molecule has 0 spiro atoms. The summed E-state index contributed by atoms with van der Waals surface area (Å²) in [6.07, 6.45) is 0. The molecule has 0 bridgehead atoms. The molecule has 0 radical (unpaired) electrons. The van der Waals surface area contributed by atoms with E-state index in [0.29, 0.717) is 11.4 Å². The third kappa shape index (κ3) is 1.88. The first-order valence-electron chi connectivity index (χ1n) is 3.30. The summed E-state index contributed by atoms with van der Waals surface area (Å²) in [6.45, 7) is 1.74. The second-order valence-corrected chi connectivity index (χ2v) is 2.17. The third-order valence-corrected chi connectivity index (χ3v) is 1.25. The van der Waals surface area contributed by atoms with E-state index in [4.69, 9.17) is 0 Å². The second-order valence-electron chi connectivity index (χ2n) is 2.17. The van der Waals surface area contributed by atoms with Gasteiger partial charge in [-0.15, -0.1) is 0 Å². The number of aromatic nitrogens is 1. The quantitative estimate of drug-likeness (QED) is 0.495. The predicted molar refractivity (Wildman–Crippen MR) is 41.6 cm³/mol. The Balaban J connectivity index is 2.90. The van der Waals surface area contributed by atoms with Crippen LogP contribution < -0.4 is 10.9 Å². The van der Waals surface area contributed by atoms with Crippen molar-refractivity contribution in [3.05, 3.63) is 23.8 Å². The zero-order valence-electron chi connectivity index (χ0n) is 6.48. The molecule has 0 unspecified atom stereocenters. The normalized spacial score (nSPS) is 9.73. The summed E-state index contributed by atoms with van der Waals surface area (Å²) in [7, 11) is 1.67. The Bertz CT molecular complexity index is 249. The van der Waals surface area contributed by atoms with Gasteiger partial charge in [0.25, 0.3) is 0 Å². The van der Waals surface area contributed by atoms with Crippen molar-refractivity contribution < 1.29 is 4.39 Å². The van der Waals surface area contributed by atoms with Crippen LogP contribution in [0.25, 0.3) is 0 Å². The van der Waals surface area contributed by atoms with Crippen LogP contribution in [-0.2, 0) is 0 Å². The number of nitrogens with zero attached hydrogens (tertiary/aromatic N) is 1. The molecule has 0 saturated heterocycles. The van der Waals surface area contributed by atoms with E-state index in [1.807, 2.05) is 0 Å². The van der Waals surface area contributed by atoms with E-state index >= 15 is 0 Å². The van der Waals surface area contributed by atoms with Crippen LogP contribution in [0.4, 0.5) is 10.1 Å². The van der Waals surface area contributed by atoms with Crippen LogP contribution >= 0.6 is 0 Å². The third-order valence-electron chi connectivity index (χ3n) is 1.25. The predicted octanol–water partition coefficient (Wildman–Crippen LogP) is 1.08. The molecule has 0 fully saturated rings. The summed E-state index contributed by atoms with van der Waals surface area (Å²) in [5.74, 6) is -0.487. The van der Waals surface area contributed by atoms with Gasteiger partial charge in [0.15, 0.2) is 0 Å². The van der Waals surface area contributed by atoms with Gasteiger partial charge in [-0.05, 0) is 19.1 Å². The average molecular weight is 155 g/mol. The van der Waals surface area contributed by atoms with E-state index < -0.39 is 5.95 Å². The number of hydrogen-bond donors (Lipinski definition) is 2. The molecule has 3 nitrogen and oxygen atoms in total.